The first-order valence-electron chi connectivity index (χ1n) is 7.44. The Labute approximate surface area is 145 Å². The molecule has 2 rings (SSSR count). The van der Waals surface area contributed by atoms with Crippen molar-refractivity contribution >= 4 is 28.5 Å². The molecular weight excluding hydrogens is 389 g/mol. The van der Waals surface area contributed by atoms with E-state index in [1.807, 2.05) is 36.4 Å². The van der Waals surface area contributed by atoms with Crippen LogP contribution in [0.2, 0.25) is 0 Å². The summed E-state index contributed by atoms with van der Waals surface area (Å²) in [5.41, 5.74) is 2.00. The maximum Gasteiger partial charge on any atom is 0.251 e. The molecule has 0 aliphatic rings. The van der Waals surface area contributed by atoms with E-state index in [1.54, 1.807) is 0 Å². The molecule has 116 valence electrons. The smallest absolute Gasteiger partial charge is 0.251 e. The molecule has 4 heteroatoms. The SMILES string of the molecule is CCCc1ccc(OCCNC(=O)c2cccc(I)c2)cc1. The van der Waals surface area contributed by atoms with Gasteiger partial charge in [0.2, 0.25) is 0 Å². The molecule has 0 aromatic heterocycles. The Morgan fingerprint density at radius 3 is 2.64 bits per heavy atom. The maximum absolute atomic E-state index is 12.0. The van der Waals surface area contributed by atoms with Crippen LogP contribution in [0.3, 0.4) is 0 Å². The van der Waals surface area contributed by atoms with Crippen LogP contribution in [0.1, 0.15) is 29.3 Å². The molecule has 2 aromatic carbocycles. The number of rotatable bonds is 7. The van der Waals surface area contributed by atoms with Crippen molar-refractivity contribution in [3.05, 3.63) is 63.2 Å². The third kappa shape index (κ3) is 5.33. The Morgan fingerprint density at radius 1 is 1.18 bits per heavy atom. The van der Waals surface area contributed by atoms with E-state index in [-0.39, 0.29) is 5.91 Å². The molecule has 0 aliphatic carbocycles. The van der Waals surface area contributed by atoms with Gasteiger partial charge in [-0.05, 0) is 64.9 Å². The van der Waals surface area contributed by atoms with Gasteiger partial charge in [0.25, 0.3) is 5.91 Å². The molecule has 0 atom stereocenters. The van der Waals surface area contributed by atoms with Gasteiger partial charge in [-0.3, -0.25) is 4.79 Å². The molecule has 0 fully saturated rings. The summed E-state index contributed by atoms with van der Waals surface area (Å²) in [6.45, 7) is 3.12. The van der Waals surface area contributed by atoms with E-state index in [0.717, 1.165) is 22.2 Å². The lowest BCUT2D eigenvalue weighted by atomic mass is 10.1. The van der Waals surface area contributed by atoms with Gasteiger partial charge in [-0.1, -0.05) is 31.5 Å². The molecule has 3 nitrogen and oxygen atoms in total. The minimum atomic E-state index is -0.0691. The first-order valence-corrected chi connectivity index (χ1v) is 8.52. The van der Waals surface area contributed by atoms with Gasteiger partial charge in [-0.2, -0.15) is 0 Å². The highest BCUT2D eigenvalue weighted by Crippen LogP contribution is 2.13. The van der Waals surface area contributed by atoms with Crippen LogP contribution in [0.15, 0.2) is 48.5 Å². The molecule has 0 unspecified atom stereocenters. The highest BCUT2D eigenvalue weighted by molar-refractivity contribution is 14.1. The van der Waals surface area contributed by atoms with Gasteiger partial charge in [0.15, 0.2) is 0 Å². The van der Waals surface area contributed by atoms with E-state index in [0.29, 0.717) is 18.7 Å². The number of amides is 1. The molecule has 0 aliphatic heterocycles. The van der Waals surface area contributed by atoms with Crippen molar-refractivity contribution in [3.63, 3.8) is 0 Å². The summed E-state index contributed by atoms with van der Waals surface area (Å²) in [4.78, 5) is 12.0. The number of hydrogen-bond acceptors (Lipinski definition) is 2. The number of carbonyl (C=O) groups excluding carboxylic acids is 1. The van der Waals surface area contributed by atoms with Gasteiger partial charge in [-0.25, -0.2) is 0 Å². The minimum absolute atomic E-state index is 0.0691. The van der Waals surface area contributed by atoms with Crippen LogP contribution < -0.4 is 10.1 Å². The fraction of sp³-hybridized carbons (Fsp3) is 0.278. The van der Waals surface area contributed by atoms with Crippen molar-refractivity contribution in [3.8, 4) is 5.75 Å². The predicted octanol–water partition coefficient (Wildman–Crippen LogP) is 4.05. The number of aryl methyl sites for hydroxylation is 1. The van der Waals surface area contributed by atoms with Crippen LogP contribution in [0.4, 0.5) is 0 Å². The van der Waals surface area contributed by atoms with Gasteiger partial charge >= 0.3 is 0 Å². The van der Waals surface area contributed by atoms with Crippen molar-refractivity contribution in [1.82, 2.24) is 5.32 Å². The zero-order chi connectivity index (χ0) is 15.8. The fourth-order valence-electron chi connectivity index (χ4n) is 2.11. The highest BCUT2D eigenvalue weighted by atomic mass is 127. The maximum atomic E-state index is 12.0. The van der Waals surface area contributed by atoms with Crippen LogP contribution in [-0.4, -0.2) is 19.1 Å². The molecular formula is C18H20INO2. The molecule has 0 spiro atoms. The number of hydrogen-bond donors (Lipinski definition) is 1. The van der Waals surface area contributed by atoms with E-state index in [2.05, 4.69) is 47.0 Å². The standard InChI is InChI=1S/C18H20INO2/c1-2-4-14-7-9-17(10-8-14)22-12-11-20-18(21)15-5-3-6-16(19)13-15/h3,5-10,13H,2,4,11-12H2,1H3,(H,20,21). The molecule has 0 saturated carbocycles. The molecule has 0 heterocycles. The summed E-state index contributed by atoms with van der Waals surface area (Å²) in [5, 5.41) is 2.86. The molecule has 22 heavy (non-hydrogen) atoms. The highest BCUT2D eigenvalue weighted by Gasteiger charge is 2.04. The van der Waals surface area contributed by atoms with E-state index in [9.17, 15) is 4.79 Å². The lowest BCUT2D eigenvalue weighted by Crippen LogP contribution is -2.28. The van der Waals surface area contributed by atoms with Crippen LogP contribution in [0.25, 0.3) is 0 Å². The Morgan fingerprint density at radius 2 is 1.95 bits per heavy atom. The Bertz CT molecular complexity index is 611. The zero-order valence-electron chi connectivity index (χ0n) is 12.6. The van der Waals surface area contributed by atoms with Gasteiger partial charge in [0, 0.05) is 9.13 Å². The van der Waals surface area contributed by atoms with E-state index >= 15 is 0 Å². The Kier molecular flexibility index (Phi) is 6.71. The number of carbonyl (C=O) groups is 1. The molecule has 0 radical (unpaired) electrons. The van der Waals surface area contributed by atoms with E-state index in [1.165, 1.54) is 5.56 Å². The normalized spacial score (nSPS) is 10.3. The number of benzene rings is 2. The molecule has 1 N–H and O–H groups in total. The zero-order valence-corrected chi connectivity index (χ0v) is 14.8. The monoisotopic (exact) mass is 409 g/mol. The van der Waals surface area contributed by atoms with Gasteiger partial charge in [0.1, 0.15) is 12.4 Å². The first kappa shape index (κ1) is 16.8. The van der Waals surface area contributed by atoms with Crippen molar-refractivity contribution < 1.29 is 9.53 Å². The van der Waals surface area contributed by atoms with Gasteiger partial charge in [0.05, 0.1) is 6.54 Å². The van der Waals surface area contributed by atoms with Crippen LogP contribution in [0, 0.1) is 3.57 Å². The van der Waals surface area contributed by atoms with Gasteiger partial charge < -0.3 is 10.1 Å². The van der Waals surface area contributed by atoms with Crippen LogP contribution >= 0.6 is 22.6 Å². The van der Waals surface area contributed by atoms with Crippen molar-refractivity contribution in [2.75, 3.05) is 13.2 Å². The van der Waals surface area contributed by atoms with Crippen molar-refractivity contribution in [2.24, 2.45) is 0 Å². The summed E-state index contributed by atoms with van der Waals surface area (Å²) in [5.74, 6) is 0.767. The molecule has 2 aromatic rings. The summed E-state index contributed by atoms with van der Waals surface area (Å²) in [7, 11) is 0. The first-order chi connectivity index (χ1) is 10.7. The van der Waals surface area contributed by atoms with Crippen LogP contribution in [-0.2, 0) is 6.42 Å². The summed E-state index contributed by atoms with van der Waals surface area (Å²) in [6, 6.07) is 15.6. The van der Waals surface area contributed by atoms with E-state index < -0.39 is 0 Å². The number of halogens is 1. The molecule has 0 bridgehead atoms. The molecule has 1 amide bonds. The average molecular weight is 409 g/mol. The predicted molar refractivity (Wildman–Crippen MR) is 97.4 cm³/mol. The summed E-state index contributed by atoms with van der Waals surface area (Å²) >= 11 is 2.20. The summed E-state index contributed by atoms with van der Waals surface area (Å²) < 4.78 is 6.68. The van der Waals surface area contributed by atoms with E-state index in [4.69, 9.17) is 4.74 Å². The second kappa shape index (κ2) is 8.78. The second-order valence-corrected chi connectivity index (χ2v) is 6.25. The van der Waals surface area contributed by atoms with Crippen LogP contribution in [0.5, 0.6) is 5.75 Å². The lowest BCUT2D eigenvalue weighted by molar-refractivity contribution is 0.0947. The van der Waals surface area contributed by atoms with Crippen molar-refractivity contribution in [1.29, 1.82) is 0 Å². The third-order valence-corrected chi connectivity index (χ3v) is 3.88. The summed E-state index contributed by atoms with van der Waals surface area (Å²) in [6.07, 6.45) is 2.23. The second-order valence-electron chi connectivity index (χ2n) is 5.01. The topological polar surface area (TPSA) is 38.3 Å². The quantitative estimate of drug-likeness (QED) is 0.554. The lowest BCUT2D eigenvalue weighted by Gasteiger charge is -2.08. The number of ether oxygens (including phenoxy) is 1. The molecule has 0 saturated heterocycles. The largest absolute Gasteiger partial charge is 0.492 e. The van der Waals surface area contributed by atoms with Gasteiger partial charge in [-0.15, -0.1) is 0 Å². The Hall–Kier alpha value is -1.56. The third-order valence-electron chi connectivity index (χ3n) is 3.21. The minimum Gasteiger partial charge on any atom is -0.492 e. The average Bonchev–Trinajstić information content (AvgIpc) is 2.53. The fourth-order valence-corrected chi connectivity index (χ4v) is 2.65. The van der Waals surface area contributed by atoms with Crippen molar-refractivity contribution in [2.45, 2.75) is 19.8 Å². The number of nitrogens with one attached hydrogen (secondary N) is 1. The Balaban J connectivity index is 1.73.